The van der Waals surface area contributed by atoms with Crippen molar-refractivity contribution in [2.45, 2.75) is 6.36 Å². The average molecular weight is 266 g/mol. The van der Waals surface area contributed by atoms with Crippen molar-refractivity contribution in [3.8, 4) is 16.9 Å². The van der Waals surface area contributed by atoms with E-state index in [4.69, 9.17) is 0 Å². The van der Waals surface area contributed by atoms with Crippen molar-refractivity contribution in [3.05, 3.63) is 54.1 Å². The molecule has 0 amide bonds. The van der Waals surface area contributed by atoms with Crippen LogP contribution in [0.1, 0.15) is 10.4 Å². The Morgan fingerprint density at radius 2 is 1.68 bits per heavy atom. The monoisotopic (exact) mass is 266 g/mol. The highest BCUT2D eigenvalue weighted by atomic mass is 19.4. The Morgan fingerprint density at radius 1 is 1.00 bits per heavy atom. The predicted octanol–water partition coefficient (Wildman–Crippen LogP) is 4.06. The molecule has 2 aromatic rings. The number of ether oxygens (including phenoxy) is 1. The maximum absolute atomic E-state index is 12.4. The number of aldehydes is 1. The Balaban J connectivity index is 2.51. The fourth-order valence-electron chi connectivity index (χ4n) is 1.68. The number of halogens is 3. The minimum atomic E-state index is -4.80. The van der Waals surface area contributed by atoms with Crippen molar-refractivity contribution in [1.82, 2.24) is 0 Å². The number of hydrogen-bond acceptors (Lipinski definition) is 2. The molecular weight excluding hydrogens is 257 g/mol. The normalized spacial score (nSPS) is 11.1. The van der Waals surface area contributed by atoms with Crippen molar-refractivity contribution in [3.63, 3.8) is 0 Å². The van der Waals surface area contributed by atoms with Crippen LogP contribution in [-0.4, -0.2) is 12.6 Å². The number of carbonyl (C=O) groups is 1. The Hall–Kier alpha value is -2.30. The van der Waals surface area contributed by atoms with Gasteiger partial charge in [-0.1, -0.05) is 36.4 Å². The van der Waals surface area contributed by atoms with E-state index >= 15 is 0 Å². The highest BCUT2D eigenvalue weighted by Crippen LogP contribution is 2.34. The first-order valence-corrected chi connectivity index (χ1v) is 5.40. The van der Waals surface area contributed by atoms with Crippen LogP contribution in [0.3, 0.4) is 0 Å². The summed E-state index contributed by atoms with van der Waals surface area (Å²) >= 11 is 0. The molecule has 0 aliphatic heterocycles. The van der Waals surface area contributed by atoms with Gasteiger partial charge in [-0.3, -0.25) is 4.79 Å². The van der Waals surface area contributed by atoms with Gasteiger partial charge in [0.15, 0.2) is 0 Å². The summed E-state index contributed by atoms with van der Waals surface area (Å²) in [4.78, 5) is 10.6. The van der Waals surface area contributed by atoms with Crippen LogP contribution in [-0.2, 0) is 0 Å². The molecule has 19 heavy (non-hydrogen) atoms. The molecule has 0 spiro atoms. The van der Waals surface area contributed by atoms with E-state index in [1.54, 1.807) is 30.3 Å². The molecule has 0 heterocycles. The molecule has 2 nitrogen and oxygen atoms in total. The van der Waals surface area contributed by atoms with Crippen LogP contribution in [0.25, 0.3) is 11.1 Å². The fraction of sp³-hybridized carbons (Fsp3) is 0.0714. The van der Waals surface area contributed by atoms with Gasteiger partial charge < -0.3 is 4.74 Å². The lowest BCUT2D eigenvalue weighted by Gasteiger charge is -2.13. The Morgan fingerprint density at radius 3 is 2.26 bits per heavy atom. The van der Waals surface area contributed by atoms with Crippen LogP contribution in [0.2, 0.25) is 0 Å². The maximum atomic E-state index is 12.4. The van der Waals surface area contributed by atoms with Gasteiger partial charge in [-0.05, 0) is 17.7 Å². The van der Waals surface area contributed by atoms with Gasteiger partial charge in [-0.25, -0.2) is 0 Å². The van der Waals surface area contributed by atoms with Gasteiger partial charge in [0.1, 0.15) is 12.0 Å². The molecule has 5 heteroatoms. The predicted molar refractivity (Wildman–Crippen MR) is 63.9 cm³/mol. The Kier molecular flexibility index (Phi) is 3.55. The summed E-state index contributed by atoms with van der Waals surface area (Å²) in [6.45, 7) is 0. The summed E-state index contributed by atoms with van der Waals surface area (Å²) in [5.41, 5.74) is 0.988. The minimum absolute atomic E-state index is 0.124. The molecule has 98 valence electrons. The molecule has 0 aliphatic carbocycles. The van der Waals surface area contributed by atoms with E-state index in [1.807, 2.05) is 0 Å². The standard InChI is InChI=1S/C14H9F3O2/c15-14(16,17)19-13-8-10(9-18)6-7-12(13)11-4-2-1-3-5-11/h1-9H. The molecule has 0 radical (unpaired) electrons. The quantitative estimate of drug-likeness (QED) is 0.783. The summed E-state index contributed by atoms with van der Waals surface area (Å²) in [7, 11) is 0. The van der Waals surface area contributed by atoms with E-state index in [2.05, 4.69) is 4.74 Å². The largest absolute Gasteiger partial charge is 0.573 e. The van der Waals surface area contributed by atoms with Gasteiger partial charge in [-0.15, -0.1) is 13.2 Å². The van der Waals surface area contributed by atoms with Crippen LogP contribution in [0.15, 0.2) is 48.5 Å². The van der Waals surface area contributed by atoms with Crippen LogP contribution in [0, 0.1) is 0 Å². The van der Waals surface area contributed by atoms with Crippen molar-refractivity contribution in [2.75, 3.05) is 0 Å². The highest BCUT2D eigenvalue weighted by molar-refractivity contribution is 5.80. The van der Waals surface area contributed by atoms with Crippen molar-refractivity contribution in [1.29, 1.82) is 0 Å². The Bertz CT molecular complexity index is 577. The third-order valence-corrected chi connectivity index (χ3v) is 2.45. The van der Waals surface area contributed by atoms with Gasteiger partial charge in [0, 0.05) is 11.1 Å². The zero-order valence-corrected chi connectivity index (χ0v) is 9.65. The molecule has 0 atom stereocenters. The molecule has 0 unspecified atom stereocenters. The first kappa shape index (κ1) is 13.1. The number of carbonyl (C=O) groups excluding carboxylic acids is 1. The molecule has 0 N–H and O–H groups in total. The summed E-state index contributed by atoms with van der Waals surface area (Å²) in [5, 5.41) is 0. The summed E-state index contributed by atoms with van der Waals surface area (Å²) < 4.78 is 41.1. The topological polar surface area (TPSA) is 26.3 Å². The SMILES string of the molecule is O=Cc1ccc(-c2ccccc2)c(OC(F)(F)F)c1. The smallest absolute Gasteiger partial charge is 0.405 e. The molecule has 0 aliphatic rings. The van der Waals surface area contributed by atoms with Gasteiger partial charge in [0.25, 0.3) is 0 Å². The summed E-state index contributed by atoms with van der Waals surface area (Å²) in [6.07, 6.45) is -4.33. The minimum Gasteiger partial charge on any atom is -0.405 e. The zero-order valence-electron chi connectivity index (χ0n) is 9.65. The number of rotatable bonds is 3. The molecule has 0 fully saturated rings. The second-order valence-electron chi connectivity index (χ2n) is 3.79. The molecule has 2 aromatic carbocycles. The number of alkyl halides is 3. The van der Waals surface area contributed by atoms with E-state index in [-0.39, 0.29) is 16.9 Å². The van der Waals surface area contributed by atoms with E-state index in [0.717, 1.165) is 6.07 Å². The average Bonchev–Trinajstić information content (AvgIpc) is 2.38. The van der Waals surface area contributed by atoms with E-state index < -0.39 is 6.36 Å². The highest BCUT2D eigenvalue weighted by Gasteiger charge is 2.32. The maximum Gasteiger partial charge on any atom is 0.573 e. The molecule has 0 saturated carbocycles. The van der Waals surface area contributed by atoms with Gasteiger partial charge in [0.2, 0.25) is 0 Å². The van der Waals surface area contributed by atoms with E-state index in [9.17, 15) is 18.0 Å². The van der Waals surface area contributed by atoms with Crippen molar-refractivity contribution >= 4 is 6.29 Å². The zero-order chi connectivity index (χ0) is 13.9. The lowest BCUT2D eigenvalue weighted by atomic mass is 10.0. The molecular formula is C14H9F3O2. The van der Waals surface area contributed by atoms with Crippen molar-refractivity contribution in [2.24, 2.45) is 0 Å². The molecule has 0 aromatic heterocycles. The van der Waals surface area contributed by atoms with Gasteiger partial charge >= 0.3 is 6.36 Å². The third-order valence-electron chi connectivity index (χ3n) is 2.45. The molecule has 2 rings (SSSR count). The second kappa shape index (κ2) is 5.14. The number of benzene rings is 2. The lowest BCUT2D eigenvalue weighted by molar-refractivity contribution is -0.274. The van der Waals surface area contributed by atoms with Crippen LogP contribution in [0.4, 0.5) is 13.2 Å². The first-order chi connectivity index (χ1) is 8.99. The lowest BCUT2D eigenvalue weighted by Crippen LogP contribution is -2.17. The summed E-state index contributed by atoms with van der Waals surface area (Å²) in [6, 6.07) is 12.5. The van der Waals surface area contributed by atoms with Crippen LogP contribution in [0.5, 0.6) is 5.75 Å². The molecule has 0 bridgehead atoms. The Labute approximate surface area is 107 Å². The van der Waals surface area contributed by atoms with E-state index in [1.165, 1.54) is 12.1 Å². The number of hydrogen-bond donors (Lipinski definition) is 0. The van der Waals surface area contributed by atoms with E-state index in [0.29, 0.717) is 11.8 Å². The fourth-order valence-corrected chi connectivity index (χ4v) is 1.68. The van der Waals surface area contributed by atoms with Gasteiger partial charge in [-0.2, -0.15) is 0 Å². The van der Waals surface area contributed by atoms with Crippen molar-refractivity contribution < 1.29 is 22.7 Å². The van der Waals surface area contributed by atoms with Crippen LogP contribution >= 0.6 is 0 Å². The van der Waals surface area contributed by atoms with Gasteiger partial charge in [0.05, 0.1) is 0 Å². The van der Waals surface area contributed by atoms with Crippen LogP contribution < -0.4 is 4.74 Å². The molecule has 0 saturated heterocycles. The second-order valence-corrected chi connectivity index (χ2v) is 3.79. The first-order valence-electron chi connectivity index (χ1n) is 5.40. The third kappa shape index (κ3) is 3.34. The summed E-state index contributed by atoms with van der Waals surface area (Å²) in [5.74, 6) is -0.386.